The monoisotopic (exact) mass is 231 g/mol. The molecule has 0 spiro atoms. The van der Waals surface area contributed by atoms with Crippen LogP contribution < -0.4 is 5.32 Å². The van der Waals surface area contributed by atoms with E-state index in [1.54, 1.807) is 19.1 Å². The lowest BCUT2D eigenvalue weighted by Crippen LogP contribution is -2.17. The molecule has 0 heterocycles. The van der Waals surface area contributed by atoms with Crippen LogP contribution in [-0.4, -0.2) is 26.5 Å². The number of anilines is 1. The van der Waals surface area contributed by atoms with Crippen LogP contribution in [0.15, 0.2) is 24.3 Å². The Morgan fingerprint density at radius 3 is 2.40 bits per heavy atom. The standard InChI is InChI=1S/C10H14FNO2S/c1-2-15(13,14)8-7-12-10-5-3-9(11)4-6-10/h3-6,12H,2,7-8H2,1H3. The first-order valence-electron chi connectivity index (χ1n) is 4.73. The molecule has 0 bridgehead atoms. The third-order valence-corrected chi connectivity index (χ3v) is 3.73. The topological polar surface area (TPSA) is 46.2 Å². The highest BCUT2D eigenvalue weighted by Gasteiger charge is 2.05. The Balaban J connectivity index is 2.42. The van der Waals surface area contributed by atoms with Gasteiger partial charge < -0.3 is 5.32 Å². The average Bonchev–Trinajstić information content (AvgIpc) is 2.21. The Hall–Kier alpha value is -1.10. The van der Waals surface area contributed by atoms with Gasteiger partial charge in [-0.15, -0.1) is 0 Å². The van der Waals surface area contributed by atoms with E-state index in [1.807, 2.05) is 0 Å². The molecule has 0 amide bonds. The van der Waals surface area contributed by atoms with Crippen molar-refractivity contribution in [3.8, 4) is 0 Å². The normalized spacial score (nSPS) is 11.3. The number of sulfone groups is 1. The minimum absolute atomic E-state index is 0.0981. The van der Waals surface area contributed by atoms with Crippen molar-refractivity contribution in [3.63, 3.8) is 0 Å². The average molecular weight is 231 g/mol. The van der Waals surface area contributed by atoms with Crippen molar-refractivity contribution in [2.45, 2.75) is 6.92 Å². The highest BCUT2D eigenvalue weighted by atomic mass is 32.2. The molecule has 15 heavy (non-hydrogen) atoms. The van der Waals surface area contributed by atoms with Crippen molar-refractivity contribution in [1.29, 1.82) is 0 Å². The summed E-state index contributed by atoms with van der Waals surface area (Å²) in [5, 5.41) is 2.92. The van der Waals surface area contributed by atoms with Gasteiger partial charge in [-0.25, -0.2) is 12.8 Å². The Bertz CT molecular complexity index is 400. The Morgan fingerprint density at radius 1 is 1.27 bits per heavy atom. The van der Waals surface area contributed by atoms with Crippen LogP contribution in [0.2, 0.25) is 0 Å². The number of hydrogen-bond donors (Lipinski definition) is 1. The van der Waals surface area contributed by atoms with E-state index in [0.717, 1.165) is 5.69 Å². The van der Waals surface area contributed by atoms with Crippen molar-refractivity contribution in [2.24, 2.45) is 0 Å². The van der Waals surface area contributed by atoms with Crippen LogP contribution in [0.3, 0.4) is 0 Å². The van der Waals surface area contributed by atoms with Gasteiger partial charge in [0.1, 0.15) is 5.82 Å². The summed E-state index contributed by atoms with van der Waals surface area (Å²) < 4.78 is 34.8. The summed E-state index contributed by atoms with van der Waals surface area (Å²) in [6.07, 6.45) is 0. The van der Waals surface area contributed by atoms with Gasteiger partial charge in [0.2, 0.25) is 0 Å². The molecule has 0 atom stereocenters. The summed E-state index contributed by atoms with van der Waals surface area (Å²) in [5.41, 5.74) is 0.725. The summed E-state index contributed by atoms with van der Waals surface area (Å²) in [5.74, 6) is -0.0550. The number of benzene rings is 1. The zero-order chi connectivity index (χ0) is 11.3. The molecule has 0 fully saturated rings. The molecular weight excluding hydrogens is 217 g/mol. The third-order valence-electron chi connectivity index (χ3n) is 2.03. The summed E-state index contributed by atoms with van der Waals surface area (Å²) >= 11 is 0. The molecule has 1 aromatic rings. The molecule has 0 radical (unpaired) electrons. The molecule has 84 valence electrons. The van der Waals surface area contributed by atoms with Gasteiger partial charge in [-0.3, -0.25) is 0 Å². The minimum atomic E-state index is -2.93. The molecule has 3 nitrogen and oxygen atoms in total. The van der Waals surface area contributed by atoms with E-state index in [-0.39, 0.29) is 17.3 Å². The van der Waals surface area contributed by atoms with E-state index in [1.165, 1.54) is 12.1 Å². The van der Waals surface area contributed by atoms with Crippen LogP contribution in [0, 0.1) is 5.82 Å². The van der Waals surface area contributed by atoms with Gasteiger partial charge in [-0.05, 0) is 24.3 Å². The third kappa shape index (κ3) is 4.29. The second kappa shape index (κ2) is 5.11. The van der Waals surface area contributed by atoms with Crippen LogP contribution in [0.5, 0.6) is 0 Å². The summed E-state index contributed by atoms with van der Waals surface area (Å²) in [4.78, 5) is 0. The van der Waals surface area contributed by atoms with E-state index in [0.29, 0.717) is 6.54 Å². The van der Waals surface area contributed by atoms with E-state index < -0.39 is 9.84 Å². The SMILES string of the molecule is CCS(=O)(=O)CCNc1ccc(F)cc1. The highest BCUT2D eigenvalue weighted by Crippen LogP contribution is 2.07. The van der Waals surface area contributed by atoms with E-state index in [2.05, 4.69) is 5.32 Å². The molecule has 0 aliphatic rings. The maximum atomic E-state index is 12.5. The van der Waals surface area contributed by atoms with Gasteiger partial charge in [0.15, 0.2) is 9.84 Å². The maximum Gasteiger partial charge on any atom is 0.151 e. The Morgan fingerprint density at radius 2 is 1.87 bits per heavy atom. The van der Waals surface area contributed by atoms with Crippen LogP contribution in [-0.2, 0) is 9.84 Å². The van der Waals surface area contributed by atoms with Gasteiger partial charge in [0.25, 0.3) is 0 Å². The smallest absolute Gasteiger partial charge is 0.151 e. The van der Waals surface area contributed by atoms with Crippen LogP contribution >= 0.6 is 0 Å². The lowest BCUT2D eigenvalue weighted by atomic mass is 10.3. The maximum absolute atomic E-state index is 12.5. The summed E-state index contributed by atoms with van der Waals surface area (Å²) in [6.45, 7) is 1.97. The van der Waals surface area contributed by atoms with Crippen LogP contribution in [0.25, 0.3) is 0 Å². The lowest BCUT2D eigenvalue weighted by molar-refractivity contribution is 0.597. The van der Waals surface area contributed by atoms with Crippen molar-refractivity contribution in [3.05, 3.63) is 30.1 Å². The van der Waals surface area contributed by atoms with Gasteiger partial charge in [0.05, 0.1) is 5.75 Å². The zero-order valence-corrected chi connectivity index (χ0v) is 9.35. The number of halogens is 1. The molecular formula is C10H14FNO2S. The fourth-order valence-electron chi connectivity index (χ4n) is 1.06. The molecule has 0 saturated carbocycles. The fourth-order valence-corrected chi connectivity index (χ4v) is 1.76. The predicted molar refractivity (Wildman–Crippen MR) is 59.2 cm³/mol. The first-order chi connectivity index (χ1) is 7.03. The second-order valence-electron chi connectivity index (χ2n) is 3.17. The van der Waals surface area contributed by atoms with Crippen molar-refractivity contribution in [1.82, 2.24) is 0 Å². The second-order valence-corrected chi connectivity index (χ2v) is 5.64. The molecule has 0 unspecified atom stereocenters. The van der Waals surface area contributed by atoms with Crippen molar-refractivity contribution < 1.29 is 12.8 Å². The Kier molecular flexibility index (Phi) is 4.08. The summed E-state index contributed by atoms with van der Waals surface area (Å²) in [7, 11) is -2.93. The van der Waals surface area contributed by atoms with Crippen molar-refractivity contribution >= 4 is 15.5 Å². The fraction of sp³-hybridized carbons (Fsp3) is 0.400. The summed E-state index contributed by atoms with van der Waals surface area (Å²) in [6, 6.07) is 5.81. The number of rotatable bonds is 5. The molecule has 0 saturated heterocycles. The molecule has 1 aromatic carbocycles. The first kappa shape index (κ1) is 12.0. The quantitative estimate of drug-likeness (QED) is 0.838. The predicted octanol–water partition coefficient (Wildman–Crippen LogP) is 1.67. The molecule has 5 heteroatoms. The van der Waals surface area contributed by atoms with E-state index >= 15 is 0 Å². The minimum Gasteiger partial charge on any atom is -0.384 e. The Labute approximate surface area is 89.2 Å². The van der Waals surface area contributed by atoms with Gasteiger partial charge in [0, 0.05) is 18.0 Å². The van der Waals surface area contributed by atoms with Gasteiger partial charge in [-0.1, -0.05) is 6.92 Å². The largest absolute Gasteiger partial charge is 0.384 e. The van der Waals surface area contributed by atoms with E-state index in [4.69, 9.17) is 0 Å². The first-order valence-corrected chi connectivity index (χ1v) is 6.55. The van der Waals surface area contributed by atoms with Gasteiger partial charge >= 0.3 is 0 Å². The van der Waals surface area contributed by atoms with Crippen molar-refractivity contribution in [2.75, 3.05) is 23.4 Å². The molecule has 0 aromatic heterocycles. The molecule has 1 N–H and O–H groups in total. The van der Waals surface area contributed by atoms with E-state index in [9.17, 15) is 12.8 Å². The van der Waals surface area contributed by atoms with Gasteiger partial charge in [-0.2, -0.15) is 0 Å². The highest BCUT2D eigenvalue weighted by molar-refractivity contribution is 7.91. The number of hydrogen-bond acceptors (Lipinski definition) is 3. The zero-order valence-electron chi connectivity index (χ0n) is 8.53. The van der Waals surface area contributed by atoms with Crippen LogP contribution in [0.1, 0.15) is 6.92 Å². The number of nitrogens with one attached hydrogen (secondary N) is 1. The molecule has 0 aliphatic carbocycles. The van der Waals surface area contributed by atoms with Crippen LogP contribution in [0.4, 0.5) is 10.1 Å². The molecule has 0 aliphatic heterocycles. The molecule has 1 rings (SSSR count). The lowest BCUT2D eigenvalue weighted by Gasteiger charge is -2.05.